The molecule has 0 amide bonds. The monoisotopic (exact) mass is 1140 g/mol. The van der Waals surface area contributed by atoms with Crippen molar-refractivity contribution in [3.05, 3.63) is 349 Å². The molecule has 0 N–H and O–H groups in total. The number of benzene rings is 15. The second kappa shape index (κ2) is 19.1. The van der Waals surface area contributed by atoms with Crippen molar-refractivity contribution in [2.24, 2.45) is 0 Å². The van der Waals surface area contributed by atoms with Gasteiger partial charge in [0, 0.05) is 38.8 Å². The summed E-state index contributed by atoms with van der Waals surface area (Å²) in [5, 5.41) is 9.84. The smallest absolute Gasteiger partial charge is 0.0726 e. The number of hydrogen-bond donors (Lipinski definition) is 0. The highest BCUT2D eigenvalue weighted by atomic mass is 15.1. The maximum Gasteiger partial charge on any atom is 0.0726 e. The predicted octanol–water partition coefficient (Wildman–Crippen LogP) is 23.4. The van der Waals surface area contributed by atoms with Gasteiger partial charge in [0.15, 0.2) is 0 Å². The Hall–Kier alpha value is -11.3. The predicted molar refractivity (Wildman–Crippen MR) is 378 cm³/mol. The molecular weight excluding hydrogens is 1080 g/mol. The first kappa shape index (κ1) is 50.8. The highest BCUT2D eigenvalue weighted by Gasteiger charge is 2.52. The molecule has 16 aromatic rings. The molecule has 90 heavy (non-hydrogen) atoms. The third-order valence-corrected chi connectivity index (χ3v) is 20.6. The highest BCUT2D eigenvalue weighted by molar-refractivity contribution is 6.27. The fourth-order valence-electron chi connectivity index (χ4n) is 16.6. The first-order valence-electron chi connectivity index (χ1n) is 31.6. The zero-order chi connectivity index (χ0) is 59.4. The van der Waals surface area contributed by atoms with Gasteiger partial charge < -0.3 is 9.47 Å². The molecule has 3 aliphatic rings. The maximum atomic E-state index is 2.61. The van der Waals surface area contributed by atoms with Gasteiger partial charge in [-0.1, -0.05) is 263 Å². The topological polar surface area (TPSA) is 8.17 Å². The number of fused-ring (bicyclic) bond motifs is 22. The molecule has 1 heterocycles. The summed E-state index contributed by atoms with van der Waals surface area (Å²) in [6, 6.07) is 119. The Morgan fingerprint density at radius 3 is 1.38 bits per heavy atom. The second-order valence-electron chi connectivity index (χ2n) is 25.4. The maximum absolute atomic E-state index is 2.61. The molecule has 19 rings (SSSR count). The number of anilines is 3. The zero-order valence-electron chi connectivity index (χ0n) is 49.9. The number of aromatic nitrogens is 1. The normalized spacial score (nSPS) is 13.6. The summed E-state index contributed by atoms with van der Waals surface area (Å²) in [4.78, 5) is 2.61. The molecule has 0 saturated heterocycles. The fourth-order valence-corrected chi connectivity index (χ4v) is 16.6. The Bertz CT molecular complexity index is 5660. The van der Waals surface area contributed by atoms with Crippen molar-refractivity contribution >= 4 is 71.2 Å². The number of nitrogens with zero attached hydrogens (tertiary/aromatic N) is 2. The summed E-state index contributed by atoms with van der Waals surface area (Å²) >= 11 is 0. The van der Waals surface area contributed by atoms with Gasteiger partial charge in [0.05, 0.1) is 22.1 Å². The summed E-state index contributed by atoms with van der Waals surface area (Å²) in [5.41, 5.74) is 28.8. The van der Waals surface area contributed by atoms with Gasteiger partial charge in [-0.2, -0.15) is 0 Å². The van der Waals surface area contributed by atoms with Crippen LogP contribution in [0.2, 0.25) is 0 Å². The summed E-state index contributed by atoms with van der Waals surface area (Å²) in [6.45, 7) is 4.77. The van der Waals surface area contributed by atoms with E-state index in [2.05, 4.69) is 339 Å². The largest absolute Gasteiger partial charge is 0.310 e. The SMILES string of the molecule is CC1(C)c2ccccc2-c2cc(N(c3ccc4c(c3)C3(c5ccccc5-c5ccccc53)c3ccccc3-4)c3cc4c5ccccc5c5ccccc5c4cc3-c3ccc4c5ccccc5n(-c5cccc(-c6cccc(-c7ccccc7)c6)c5)c4c3)ccc21. The molecule has 0 fully saturated rings. The van der Waals surface area contributed by atoms with E-state index in [0.717, 1.165) is 39.4 Å². The van der Waals surface area contributed by atoms with Crippen molar-refractivity contribution in [2.45, 2.75) is 24.7 Å². The lowest BCUT2D eigenvalue weighted by molar-refractivity contribution is 0.660. The van der Waals surface area contributed by atoms with Crippen molar-refractivity contribution in [3.8, 4) is 72.4 Å². The van der Waals surface area contributed by atoms with Gasteiger partial charge in [-0.05, 0) is 194 Å². The van der Waals surface area contributed by atoms with Crippen LogP contribution in [0, 0.1) is 0 Å². The van der Waals surface area contributed by atoms with E-state index in [-0.39, 0.29) is 5.41 Å². The standard InChI is InChI=1S/C88H58N2/c1-87(2)78-37-15-10-35-70(78)77-51-61(44-47-79(77)87)89(62-43-46-71-69-34-13-18-40-82(69)88(83(71)52-62)80-38-16-11-32-67(80)68-33-12-17-39-81(68)88)86-54-76-66-31-9-7-29-64(66)63-28-6-8-30-65(63)75(76)53-74(86)59-42-45-73-72-36-14-19-41-84(72)90(85(73)50-59)60-27-21-26-58(49-60)57-25-20-24-56(48-57)55-22-4-3-5-23-55/h3-54H,1-2H3. The molecule has 15 aromatic carbocycles. The lowest BCUT2D eigenvalue weighted by atomic mass is 9.70. The van der Waals surface area contributed by atoms with Gasteiger partial charge in [-0.3, -0.25) is 0 Å². The summed E-state index contributed by atoms with van der Waals surface area (Å²) in [5.74, 6) is 0. The molecule has 3 aliphatic carbocycles. The Kier molecular flexibility index (Phi) is 10.8. The highest BCUT2D eigenvalue weighted by Crippen LogP contribution is 2.64. The molecule has 0 unspecified atom stereocenters. The van der Waals surface area contributed by atoms with Crippen LogP contribution in [0.15, 0.2) is 315 Å². The molecule has 0 radical (unpaired) electrons. The van der Waals surface area contributed by atoms with Crippen LogP contribution in [0.3, 0.4) is 0 Å². The van der Waals surface area contributed by atoms with E-state index in [1.54, 1.807) is 0 Å². The molecular formula is C88H58N2. The summed E-state index contributed by atoms with van der Waals surface area (Å²) < 4.78 is 2.49. The van der Waals surface area contributed by atoms with Crippen molar-refractivity contribution < 1.29 is 0 Å². The van der Waals surface area contributed by atoms with Gasteiger partial charge in [-0.25, -0.2) is 0 Å². The van der Waals surface area contributed by atoms with Crippen LogP contribution < -0.4 is 4.90 Å². The van der Waals surface area contributed by atoms with Crippen molar-refractivity contribution in [1.29, 1.82) is 0 Å². The van der Waals surface area contributed by atoms with E-state index >= 15 is 0 Å². The van der Waals surface area contributed by atoms with E-state index < -0.39 is 5.41 Å². The minimum Gasteiger partial charge on any atom is -0.310 e. The minimum absolute atomic E-state index is 0.169. The fraction of sp³-hybridized carbons (Fsp3) is 0.0455. The average Bonchev–Trinajstić information content (AvgIpc) is 1.48. The number of rotatable bonds is 7. The second-order valence-corrected chi connectivity index (χ2v) is 25.4. The molecule has 2 nitrogen and oxygen atoms in total. The molecule has 0 saturated carbocycles. The Morgan fingerprint density at radius 2 is 0.711 bits per heavy atom. The minimum atomic E-state index is -0.538. The van der Waals surface area contributed by atoms with Crippen molar-refractivity contribution in [2.75, 3.05) is 4.90 Å². The number of para-hydroxylation sites is 1. The van der Waals surface area contributed by atoms with E-state index in [0.29, 0.717) is 0 Å². The van der Waals surface area contributed by atoms with Crippen LogP contribution in [0.5, 0.6) is 0 Å². The molecule has 0 aliphatic heterocycles. The van der Waals surface area contributed by atoms with Gasteiger partial charge in [0.25, 0.3) is 0 Å². The third-order valence-electron chi connectivity index (χ3n) is 20.6. The quantitative estimate of drug-likeness (QED) is 0.144. The van der Waals surface area contributed by atoms with Crippen LogP contribution in [-0.2, 0) is 10.8 Å². The molecule has 1 spiro atoms. The van der Waals surface area contributed by atoms with Gasteiger partial charge >= 0.3 is 0 Å². The van der Waals surface area contributed by atoms with Gasteiger partial charge in [-0.15, -0.1) is 0 Å². The number of hydrogen-bond acceptors (Lipinski definition) is 1. The van der Waals surface area contributed by atoms with Gasteiger partial charge in [0.1, 0.15) is 0 Å². The lowest BCUT2D eigenvalue weighted by Crippen LogP contribution is -2.26. The van der Waals surface area contributed by atoms with Crippen LogP contribution in [-0.4, -0.2) is 4.57 Å². The van der Waals surface area contributed by atoms with Crippen molar-refractivity contribution in [1.82, 2.24) is 4.57 Å². The van der Waals surface area contributed by atoms with E-state index in [4.69, 9.17) is 0 Å². The Labute approximate surface area is 523 Å². The van der Waals surface area contributed by atoms with Gasteiger partial charge in [0.2, 0.25) is 0 Å². The van der Waals surface area contributed by atoms with E-state index in [1.807, 2.05) is 0 Å². The van der Waals surface area contributed by atoms with Crippen LogP contribution in [0.1, 0.15) is 47.2 Å². The summed E-state index contributed by atoms with van der Waals surface area (Å²) in [7, 11) is 0. The summed E-state index contributed by atoms with van der Waals surface area (Å²) in [6.07, 6.45) is 0. The Balaban J connectivity index is 0.903. The van der Waals surface area contributed by atoms with E-state index in [1.165, 1.54) is 138 Å². The zero-order valence-corrected chi connectivity index (χ0v) is 49.9. The first-order valence-corrected chi connectivity index (χ1v) is 31.6. The molecule has 1 aromatic heterocycles. The average molecular weight is 1140 g/mol. The Morgan fingerprint density at radius 1 is 0.244 bits per heavy atom. The van der Waals surface area contributed by atoms with Crippen LogP contribution in [0.25, 0.3) is 127 Å². The lowest BCUT2D eigenvalue weighted by Gasteiger charge is -2.33. The molecule has 2 heteroatoms. The van der Waals surface area contributed by atoms with E-state index in [9.17, 15) is 0 Å². The molecule has 0 atom stereocenters. The third kappa shape index (κ3) is 7.10. The van der Waals surface area contributed by atoms with Crippen LogP contribution in [0.4, 0.5) is 17.1 Å². The van der Waals surface area contributed by atoms with Crippen LogP contribution >= 0.6 is 0 Å². The first-order chi connectivity index (χ1) is 44.4. The molecule has 420 valence electrons. The van der Waals surface area contributed by atoms with Crippen molar-refractivity contribution in [3.63, 3.8) is 0 Å². The molecule has 0 bridgehead atoms.